The SMILES string of the molecule is c1ccc(-c2cccc(-n3c4ccccc4c4cc(-c5ccc6c(c5)c5ccccc5n6-c5ccc(-c6ccc7c8ccccc8c8ccccc8c7c6)cc5)ccc43)c2)cc1.c1ccc(-c2cccc(-n3c4ccccc4c4cc(-c5ccc6c(c5)c5ccccc5n6-c5cccc(-c6ccc7c8c(cccc68)-c6ccccc6-7)c5)ccc43)c2)cc1. The Morgan fingerprint density at radius 2 is 0.361 bits per heavy atom. The molecule has 1 aliphatic carbocycles. The Morgan fingerprint density at radius 1 is 0.107 bits per heavy atom. The lowest BCUT2D eigenvalue weighted by Crippen LogP contribution is -1.95. The molecule has 0 fully saturated rings. The summed E-state index contributed by atoms with van der Waals surface area (Å²) < 4.78 is 9.67. The second-order valence-electron chi connectivity index (χ2n) is 32.6. The third-order valence-corrected chi connectivity index (χ3v) is 25.9. The summed E-state index contributed by atoms with van der Waals surface area (Å²) in [6.45, 7) is 0. The Balaban J connectivity index is 0.000000134. The summed E-state index contributed by atoms with van der Waals surface area (Å²) in [5.74, 6) is 0. The summed E-state index contributed by atoms with van der Waals surface area (Å²) >= 11 is 0. The number of fused-ring (bicyclic) bond motifs is 21. The summed E-state index contributed by atoms with van der Waals surface area (Å²) in [6, 6.07) is 165. The lowest BCUT2D eigenvalue weighted by atomic mass is 9.92. The molecule has 1 aliphatic rings. The predicted molar refractivity (Wildman–Crippen MR) is 517 cm³/mol. The van der Waals surface area contributed by atoms with Crippen molar-refractivity contribution in [2.75, 3.05) is 0 Å². The van der Waals surface area contributed by atoms with Gasteiger partial charge in [-0.1, -0.05) is 322 Å². The maximum atomic E-state index is 2.44. The molecule has 0 saturated carbocycles. The van der Waals surface area contributed by atoms with Gasteiger partial charge in [0.1, 0.15) is 0 Å². The van der Waals surface area contributed by atoms with Gasteiger partial charge in [0, 0.05) is 65.8 Å². The molecule has 4 aromatic heterocycles. The summed E-state index contributed by atoms with van der Waals surface area (Å²) in [5.41, 5.74) is 34.1. The van der Waals surface area contributed by atoms with E-state index in [9.17, 15) is 0 Å². The molecule has 25 aromatic rings. The first-order chi connectivity index (χ1) is 60.5. The fourth-order valence-corrected chi connectivity index (χ4v) is 20.4. The van der Waals surface area contributed by atoms with E-state index in [1.807, 2.05) is 0 Å². The standard InChI is InChI=1S/C60H38N2.C58H36N2/c1-2-13-39(14-3-1)41-15-12-16-46(35-41)62-58-24-11-9-22-53(58)56-38-44(29-34-60(56)62)43-28-33-59-55(37-43)52-21-8-10-23-57(52)61(59)45-30-25-40(26-31-45)42-27-32-51-49-19-5-4-17-47(49)48-18-6-7-20-50(48)54(51)36-42;1-2-13-37(14-3-1)38-15-10-17-42(33-38)59-54-25-8-6-21-47(54)52-35-39(27-31-56(52)59)40-28-32-57-53(36-40)48-22-7-9-26-55(48)60(57)43-18-11-16-41(34-43)44-29-30-51-46-20-5-4-19-45(46)50-24-12-23-49(44)58(50)51/h1-38H;1-36H. The molecular formula is C118H74N4. The van der Waals surface area contributed by atoms with Crippen LogP contribution in [0.4, 0.5) is 0 Å². The van der Waals surface area contributed by atoms with Gasteiger partial charge in [0.15, 0.2) is 0 Å². The van der Waals surface area contributed by atoms with E-state index in [4.69, 9.17) is 0 Å². The first kappa shape index (κ1) is 69.0. The molecule has 0 aliphatic heterocycles. The zero-order valence-electron chi connectivity index (χ0n) is 66.5. The van der Waals surface area contributed by atoms with Gasteiger partial charge >= 0.3 is 0 Å². The van der Waals surface area contributed by atoms with E-state index in [0.29, 0.717) is 0 Å². The van der Waals surface area contributed by atoms with Crippen LogP contribution < -0.4 is 0 Å². The highest BCUT2D eigenvalue weighted by Crippen LogP contribution is 2.51. The average molecular weight is 1550 g/mol. The third kappa shape index (κ3) is 10.9. The number of nitrogens with zero attached hydrogens (tertiary/aromatic N) is 4. The third-order valence-electron chi connectivity index (χ3n) is 25.9. The Bertz CT molecular complexity index is 8560. The lowest BCUT2D eigenvalue weighted by Gasteiger charge is -2.13. The maximum Gasteiger partial charge on any atom is 0.0541 e. The highest BCUT2D eigenvalue weighted by Gasteiger charge is 2.25. The van der Waals surface area contributed by atoms with Crippen LogP contribution in [0.1, 0.15) is 0 Å². The number of para-hydroxylation sites is 4. The Morgan fingerprint density at radius 3 is 0.795 bits per heavy atom. The summed E-state index contributed by atoms with van der Waals surface area (Å²) in [4.78, 5) is 0. The molecule has 0 unspecified atom stereocenters. The fraction of sp³-hybridized carbons (Fsp3) is 0. The molecule has 122 heavy (non-hydrogen) atoms. The summed E-state index contributed by atoms with van der Waals surface area (Å²) in [6.07, 6.45) is 0. The average Bonchev–Trinajstić information content (AvgIpc) is 1.29. The predicted octanol–water partition coefficient (Wildman–Crippen LogP) is 32.0. The van der Waals surface area contributed by atoms with Crippen molar-refractivity contribution >= 4 is 130 Å². The van der Waals surface area contributed by atoms with Gasteiger partial charge in [0.25, 0.3) is 0 Å². The van der Waals surface area contributed by atoms with Crippen molar-refractivity contribution in [1.29, 1.82) is 0 Å². The molecule has 4 heteroatoms. The second-order valence-corrected chi connectivity index (χ2v) is 32.6. The zero-order valence-corrected chi connectivity index (χ0v) is 66.5. The highest BCUT2D eigenvalue weighted by molar-refractivity contribution is 6.26. The largest absolute Gasteiger partial charge is 0.309 e. The van der Waals surface area contributed by atoms with Crippen molar-refractivity contribution in [2.45, 2.75) is 0 Å². The van der Waals surface area contributed by atoms with E-state index >= 15 is 0 Å². The van der Waals surface area contributed by atoms with Crippen molar-refractivity contribution < 1.29 is 0 Å². The summed E-state index contributed by atoms with van der Waals surface area (Å²) in [5, 5.41) is 20.4. The number of benzene rings is 21. The zero-order chi connectivity index (χ0) is 80.0. The number of hydrogen-bond acceptors (Lipinski definition) is 0. The first-order valence-electron chi connectivity index (χ1n) is 42.2. The van der Waals surface area contributed by atoms with E-state index in [1.54, 1.807) is 0 Å². The molecule has 0 saturated heterocycles. The summed E-state index contributed by atoms with van der Waals surface area (Å²) in [7, 11) is 0. The van der Waals surface area contributed by atoms with Crippen molar-refractivity contribution in [1.82, 2.24) is 18.3 Å². The van der Waals surface area contributed by atoms with Crippen LogP contribution in [0.5, 0.6) is 0 Å². The van der Waals surface area contributed by atoms with Gasteiger partial charge in [0.05, 0.1) is 44.1 Å². The van der Waals surface area contributed by atoms with E-state index in [1.165, 1.54) is 219 Å². The molecule has 0 spiro atoms. The fourth-order valence-electron chi connectivity index (χ4n) is 20.4. The number of aromatic nitrogens is 4. The molecule has 21 aromatic carbocycles. The van der Waals surface area contributed by atoms with E-state index in [0.717, 1.165) is 22.7 Å². The minimum atomic E-state index is 1.15. The van der Waals surface area contributed by atoms with Gasteiger partial charge in [-0.3, -0.25) is 0 Å². The van der Waals surface area contributed by atoms with Gasteiger partial charge in [-0.15, -0.1) is 0 Å². The number of rotatable bonds is 10. The smallest absolute Gasteiger partial charge is 0.0541 e. The van der Waals surface area contributed by atoms with Crippen LogP contribution in [-0.2, 0) is 0 Å². The van der Waals surface area contributed by atoms with Crippen molar-refractivity contribution in [2.24, 2.45) is 0 Å². The van der Waals surface area contributed by atoms with Crippen LogP contribution in [-0.4, -0.2) is 18.3 Å². The quantitative estimate of drug-likeness (QED) is 0.122. The van der Waals surface area contributed by atoms with E-state index in [2.05, 4.69) is 467 Å². The van der Waals surface area contributed by atoms with Crippen LogP contribution in [0.3, 0.4) is 0 Å². The Labute approximate surface area is 704 Å². The van der Waals surface area contributed by atoms with Gasteiger partial charge in [-0.2, -0.15) is 0 Å². The van der Waals surface area contributed by atoms with E-state index < -0.39 is 0 Å². The van der Waals surface area contributed by atoms with Gasteiger partial charge < -0.3 is 18.3 Å². The van der Waals surface area contributed by atoms with Crippen LogP contribution in [0.15, 0.2) is 449 Å². The van der Waals surface area contributed by atoms with Crippen molar-refractivity contribution in [3.63, 3.8) is 0 Å². The lowest BCUT2D eigenvalue weighted by molar-refractivity contribution is 1.18. The van der Waals surface area contributed by atoms with Crippen LogP contribution in [0, 0.1) is 0 Å². The molecule has 0 radical (unpaired) electrons. The first-order valence-corrected chi connectivity index (χ1v) is 42.2. The topological polar surface area (TPSA) is 19.7 Å². The number of hydrogen-bond donors (Lipinski definition) is 0. The van der Waals surface area contributed by atoms with Crippen molar-refractivity contribution in [3.05, 3.63) is 449 Å². The van der Waals surface area contributed by atoms with Gasteiger partial charge in [-0.05, 0) is 259 Å². The normalized spacial score (nSPS) is 11.9. The van der Waals surface area contributed by atoms with Crippen LogP contribution >= 0.6 is 0 Å². The van der Waals surface area contributed by atoms with Gasteiger partial charge in [-0.25, -0.2) is 0 Å². The van der Waals surface area contributed by atoms with E-state index in [-0.39, 0.29) is 0 Å². The molecule has 4 heterocycles. The van der Waals surface area contributed by atoms with Crippen LogP contribution in [0.2, 0.25) is 0 Å². The minimum absolute atomic E-state index is 1.15. The van der Waals surface area contributed by atoms with Gasteiger partial charge in [0.2, 0.25) is 0 Å². The maximum absolute atomic E-state index is 2.44. The van der Waals surface area contributed by atoms with Crippen molar-refractivity contribution in [3.8, 4) is 112 Å². The highest BCUT2D eigenvalue weighted by atomic mass is 15.0. The molecule has 0 amide bonds. The molecular weight excluding hydrogens is 1470 g/mol. The van der Waals surface area contributed by atoms with Crippen LogP contribution in [0.25, 0.3) is 242 Å². The molecule has 4 nitrogen and oxygen atoms in total. The Hall–Kier alpha value is -16.1. The molecule has 0 bridgehead atoms. The molecule has 0 N–H and O–H groups in total. The molecule has 0 atom stereocenters. The molecule has 566 valence electrons. The monoisotopic (exact) mass is 1550 g/mol. The minimum Gasteiger partial charge on any atom is -0.309 e. The Kier molecular flexibility index (Phi) is 15.7. The second kappa shape index (κ2) is 27.8. The molecule has 26 rings (SSSR count).